The third-order valence-corrected chi connectivity index (χ3v) is 3.91. The fourth-order valence-electron chi connectivity index (χ4n) is 2.70. The van der Waals surface area contributed by atoms with Crippen molar-refractivity contribution in [3.63, 3.8) is 0 Å². The normalized spacial score (nSPS) is 18.4. The van der Waals surface area contributed by atoms with Gasteiger partial charge in [-0.2, -0.15) is 4.39 Å². The molecule has 0 saturated heterocycles. The quantitative estimate of drug-likeness (QED) is 0.600. The second-order valence-corrected chi connectivity index (χ2v) is 5.33. The van der Waals surface area contributed by atoms with Crippen molar-refractivity contribution in [2.45, 2.75) is 64.2 Å². The monoisotopic (exact) mass is 319 g/mol. The topological polar surface area (TPSA) is 37.3 Å². The molecular formula is C14H28BF3NaO2. The van der Waals surface area contributed by atoms with Gasteiger partial charge >= 0.3 is 35.6 Å². The Balaban J connectivity index is -0.0000000716. The first kappa shape index (κ1) is 29.5. The first-order valence-corrected chi connectivity index (χ1v) is 7.04. The second-order valence-electron chi connectivity index (χ2n) is 5.33. The fraction of sp³-hybridized carbons (Fsp3) is 0.929. The molecule has 2 aliphatic rings. The minimum Gasteiger partial charge on any atom is -1.00 e. The maximum atomic E-state index is 11.9. The van der Waals surface area contributed by atoms with E-state index in [4.69, 9.17) is 5.11 Å². The summed E-state index contributed by atoms with van der Waals surface area (Å²) in [6.07, 6.45) is 11.4. The Bertz CT molecular complexity index is 230. The van der Waals surface area contributed by atoms with E-state index >= 15 is 0 Å². The van der Waals surface area contributed by atoms with E-state index in [1.807, 2.05) is 0 Å². The van der Waals surface area contributed by atoms with E-state index in [9.17, 15) is 9.18 Å². The Morgan fingerprint density at radius 2 is 1.33 bits per heavy atom. The number of aliphatic hydroxyl groups is 1. The molecule has 121 valence electrons. The van der Waals surface area contributed by atoms with Gasteiger partial charge in [-0.15, -0.1) is 0 Å². The molecule has 2 saturated carbocycles. The maximum absolute atomic E-state index is 11.9. The van der Waals surface area contributed by atoms with Crippen molar-refractivity contribution in [2.24, 2.45) is 11.8 Å². The van der Waals surface area contributed by atoms with Crippen molar-refractivity contribution in [1.29, 1.82) is 0 Å². The van der Waals surface area contributed by atoms with Gasteiger partial charge in [0.1, 0.15) is 0 Å². The van der Waals surface area contributed by atoms with Crippen LogP contribution in [0.15, 0.2) is 0 Å². The van der Waals surface area contributed by atoms with Gasteiger partial charge in [0.25, 0.3) is 0 Å². The van der Waals surface area contributed by atoms with Gasteiger partial charge in [0, 0.05) is 20.9 Å². The molecule has 3 radical (unpaired) electrons. The third-order valence-electron chi connectivity index (χ3n) is 3.91. The van der Waals surface area contributed by atoms with Crippen LogP contribution in [0.4, 0.5) is 13.8 Å². The van der Waals surface area contributed by atoms with E-state index in [1.54, 1.807) is 0 Å². The smallest absolute Gasteiger partial charge is 1.00 e. The van der Waals surface area contributed by atoms with Crippen LogP contribution in [-0.2, 0) is 4.79 Å². The SMILES string of the molecule is F.F.O=C(F)C1CCCCC1.OCC1CCCCC1.[B].[H-].[Na+]. The predicted octanol–water partition coefficient (Wildman–Crippen LogP) is 0.662. The Kier molecular flexibility index (Phi) is 26.0. The van der Waals surface area contributed by atoms with Crippen LogP contribution < -0.4 is 29.6 Å². The molecular weight excluding hydrogens is 291 g/mol. The summed E-state index contributed by atoms with van der Waals surface area (Å²) in [5, 5.41) is 8.69. The minimum atomic E-state index is -1.10. The molecule has 0 amide bonds. The van der Waals surface area contributed by atoms with Gasteiger partial charge in [-0.3, -0.25) is 14.2 Å². The van der Waals surface area contributed by atoms with Gasteiger partial charge in [-0.1, -0.05) is 38.5 Å². The largest absolute Gasteiger partial charge is 1.00 e. The van der Waals surface area contributed by atoms with Crippen LogP contribution in [0.2, 0.25) is 0 Å². The molecule has 2 aliphatic carbocycles. The van der Waals surface area contributed by atoms with Gasteiger partial charge in [-0.05, 0) is 31.6 Å². The third kappa shape index (κ3) is 13.8. The minimum absolute atomic E-state index is 0. The molecule has 0 unspecified atom stereocenters. The first-order chi connectivity index (χ1) is 8.24. The number of hydrogen-bond acceptors (Lipinski definition) is 2. The van der Waals surface area contributed by atoms with Gasteiger partial charge in [0.05, 0.1) is 0 Å². The molecule has 0 aromatic heterocycles. The van der Waals surface area contributed by atoms with Crippen molar-refractivity contribution in [3.05, 3.63) is 0 Å². The van der Waals surface area contributed by atoms with Crippen LogP contribution in [0.1, 0.15) is 65.6 Å². The molecule has 7 heteroatoms. The summed E-state index contributed by atoms with van der Waals surface area (Å²) in [5.74, 6) is 0.391. The predicted molar refractivity (Wildman–Crippen MR) is 78.2 cm³/mol. The molecule has 0 bridgehead atoms. The van der Waals surface area contributed by atoms with Gasteiger partial charge < -0.3 is 6.53 Å². The first-order valence-electron chi connectivity index (χ1n) is 7.04. The van der Waals surface area contributed by atoms with Crippen LogP contribution in [0.3, 0.4) is 0 Å². The molecule has 1 N–H and O–H groups in total. The van der Waals surface area contributed by atoms with Crippen molar-refractivity contribution in [1.82, 2.24) is 0 Å². The van der Waals surface area contributed by atoms with Crippen LogP contribution >= 0.6 is 0 Å². The molecule has 0 spiro atoms. The second kappa shape index (κ2) is 18.5. The zero-order chi connectivity index (χ0) is 12.5. The number of carbonyl (C=O) groups excluding carboxylic acids is 1. The molecule has 0 aromatic carbocycles. The molecule has 0 aromatic rings. The molecule has 2 rings (SSSR count). The summed E-state index contributed by atoms with van der Waals surface area (Å²) in [4.78, 5) is 10.1. The van der Waals surface area contributed by atoms with Crippen LogP contribution in [0.25, 0.3) is 0 Å². The summed E-state index contributed by atoms with van der Waals surface area (Å²) < 4.78 is 11.9. The van der Waals surface area contributed by atoms with Crippen LogP contribution in [0.5, 0.6) is 0 Å². The van der Waals surface area contributed by atoms with E-state index in [1.165, 1.54) is 38.5 Å². The average Bonchev–Trinajstić information content (AvgIpc) is 2.41. The number of aliphatic hydroxyl groups excluding tert-OH is 1. The summed E-state index contributed by atoms with van der Waals surface area (Å²) in [5.41, 5.74) is 0. The van der Waals surface area contributed by atoms with Crippen molar-refractivity contribution in [3.8, 4) is 0 Å². The fourth-order valence-corrected chi connectivity index (χ4v) is 2.70. The summed E-state index contributed by atoms with van der Waals surface area (Å²) in [7, 11) is 0. The Hall–Kier alpha value is 0.485. The van der Waals surface area contributed by atoms with E-state index < -0.39 is 6.04 Å². The average molecular weight is 319 g/mol. The number of rotatable bonds is 2. The number of carbonyl (C=O) groups is 1. The van der Waals surface area contributed by atoms with Gasteiger partial charge in [0.2, 0.25) is 0 Å². The molecule has 21 heavy (non-hydrogen) atoms. The zero-order valence-corrected chi connectivity index (χ0v) is 15.1. The van der Waals surface area contributed by atoms with Crippen molar-refractivity contribution >= 4 is 14.5 Å². The Labute approximate surface area is 151 Å². The van der Waals surface area contributed by atoms with Crippen LogP contribution in [0, 0.1) is 11.8 Å². The van der Waals surface area contributed by atoms with Gasteiger partial charge in [0.15, 0.2) is 0 Å². The summed E-state index contributed by atoms with van der Waals surface area (Å²) >= 11 is 0. The molecule has 2 nitrogen and oxygen atoms in total. The van der Waals surface area contributed by atoms with E-state index in [2.05, 4.69) is 0 Å². The summed E-state index contributed by atoms with van der Waals surface area (Å²) in [6.45, 7) is 0.417. The van der Waals surface area contributed by atoms with E-state index in [-0.39, 0.29) is 54.7 Å². The zero-order valence-electron chi connectivity index (χ0n) is 14.1. The van der Waals surface area contributed by atoms with Crippen LogP contribution in [-0.4, -0.2) is 26.2 Å². The molecule has 0 atom stereocenters. The van der Waals surface area contributed by atoms with Gasteiger partial charge in [-0.25, -0.2) is 0 Å². The van der Waals surface area contributed by atoms with Crippen molar-refractivity contribution < 1.29 is 54.7 Å². The van der Waals surface area contributed by atoms with E-state index in [0.717, 1.165) is 25.7 Å². The molecule has 0 aliphatic heterocycles. The van der Waals surface area contributed by atoms with Crippen molar-refractivity contribution in [2.75, 3.05) is 6.61 Å². The van der Waals surface area contributed by atoms with E-state index in [0.29, 0.717) is 12.5 Å². The Morgan fingerprint density at radius 3 is 1.57 bits per heavy atom. The molecule has 0 heterocycles. The Morgan fingerprint density at radius 1 is 0.952 bits per heavy atom. The standard InChI is InChI=1S/C7H11FO.C7H14O.B.2FH.Na.H/c8-7(9)6-4-2-1-3-5-6;8-6-7-4-2-1-3-5-7;;;;;/h6H,1-5H2;7-8H,1-6H2;;2*1H;;/q;;;;;+1;-1. The molecule has 2 fully saturated rings. The number of halogens is 3. The number of hydrogen-bond donors (Lipinski definition) is 1. The maximum Gasteiger partial charge on any atom is 1.00 e. The summed E-state index contributed by atoms with van der Waals surface area (Å²) in [6, 6.07) is -1.10.